The van der Waals surface area contributed by atoms with Crippen LogP contribution in [-0.4, -0.2) is 23.9 Å². The molecule has 0 saturated heterocycles. The molecule has 0 aliphatic carbocycles. The lowest BCUT2D eigenvalue weighted by Crippen LogP contribution is -2.24. The molecule has 0 amide bonds. The zero-order chi connectivity index (χ0) is 8.10. The molecule has 0 fully saturated rings. The predicted octanol–water partition coefficient (Wildman–Crippen LogP) is 1.49. The van der Waals surface area contributed by atoms with Crippen LogP contribution >= 0.6 is 0 Å². The first-order valence-electron chi connectivity index (χ1n) is 4.31. The van der Waals surface area contributed by atoms with Gasteiger partial charge in [-0.2, -0.15) is 0 Å². The first-order chi connectivity index (χ1) is 5.33. The molecule has 0 saturated carbocycles. The molecule has 0 bridgehead atoms. The second-order valence-electron chi connectivity index (χ2n) is 2.97. The van der Waals surface area contributed by atoms with Gasteiger partial charge < -0.3 is 9.84 Å². The van der Waals surface area contributed by atoms with Gasteiger partial charge in [-0.3, -0.25) is 0 Å². The van der Waals surface area contributed by atoms with Crippen LogP contribution in [0.2, 0.25) is 0 Å². The van der Waals surface area contributed by atoms with Gasteiger partial charge in [0, 0.05) is 0 Å². The van der Waals surface area contributed by atoms with Gasteiger partial charge in [-0.15, -0.1) is 0 Å². The first kappa shape index (κ1) is 8.75. The summed E-state index contributed by atoms with van der Waals surface area (Å²) >= 11 is 0. The molecule has 1 aliphatic heterocycles. The highest BCUT2D eigenvalue weighted by atomic mass is 16.5. The summed E-state index contributed by atoms with van der Waals surface area (Å²) in [6, 6.07) is 0. The monoisotopic (exact) mass is 156 g/mol. The van der Waals surface area contributed by atoms with Crippen LogP contribution < -0.4 is 0 Å². The van der Waals surface area contributed by atoms with E-state index in [2.05, 4.69) is 6.92 Å². The Labute approximate surface area is 67.9 Å². The van der Waals surface area contributed by atoms with Gasteiger partial charge in [0.15, 0.2) is 0 Å². The molecule has 2 atom stereocenters. The summed E-state index contributed by atoms with van der Waals surface area (Å²) in [5.41, 5.74) is 0. The van der Waals surface area contributed by atoms with Crippen LogP contribution in [0.4, 0.5) is 0 Å². The summed E-state index contributed by atoms with van der Waals surface area (Å²) in [4.78, 5) is 0. The molecular weight excluding hydrogens is 140 g/mol. The van der Waals surface area contributed by atoms with Crippen LogP contribution in [-0.2, 0) is 4.74 Å². The minimum absolute atomic E-state index is 0.248. The van der Waals surface area contributed by atoms with Crippen molar-refractivity contribution in [1.29, 1.82) is 0 Å². The smallest absolute Gasteiger partial charge is 0.0955 e. The van der Waals surface area contributed by atoms with Gasteiger partial charge in [0.05, 0.1) is 18.8 Å². The fourth-order valence-corrected chi connectivity index (χ4v) is 1.17. The first-order valence-corrected chi connectivity index (χ1v) is 4.31. The molecule has 0 aromatic carbocycles. The van der Waals surface area contributed by atoms with E-state index in [1.165, 1.54) is 12.8 Å². The molecule has 0 aromatic rings. The lowest BCUT2D eigenvalue weighted by molar-refractivity contribution is 0.0112. The number of aliphatic hydroxyl groups is 1. The minimum Gasteiger partial charge on any atom is -0.387 e. The van der Waals surface area contributed by atoms with E-state index in [9.17, 15) is 0 Å². The van der Waals surface area contributed by atoms with Crippen molar-refractivity contribution in [2.75, 3.05) is 6.61 Å². The van der Waals surface area contributed by atoms with Crippen molar-refractivity contribution in [3.63, 3.8) is 0 Å². The highest BCUT2D eigenvalue weighted by Crippen LogP contribution is 2.11. The maximum atomic E-state index is 9.04. The summed E-state index contributed by atoms with van der Waals surface area (Å²) in [7, 11) is 0. The Morgan fingerprint density at radius 2 is 2.36 bits per heavy atom. The van der Waals surface area contributed by atoms with Gasteiger partial charge in [0.25, 0.3) is 0 Å². The fourth-order valence-electron chi connectivity index (χ4n) is 1.17. The molecule has 1 aliphatic rings. The van der Waals surface area contributed by atoms with Crippen LogP contribution in [0.15, 0.2) is 12.2 Å². The summed E-state index contributed by atoms with van der Waals surface area (Å²) in [6.07, 6.45) is 7.14. The third kappa shape index (κ3) is 3.04. The molecule has 0 aromatic heterocycles. The Balaban J connectivity index is 2.21. The average Bonchev–Trinajstić information content (AvgIpc) is 2.04. The number of hydrogen-bond donors (Lipinski definition) is 1. The maximum absolute atomic E-state index is 9.04. The Morgan fingerprint density at radius 1 is 1.55 bits per heavy atom. The zero-order valence-electron chi connectivity index (χ0n) is 6.99. The molecule has 1 rings (SSSR count). The molecule has 64 valence electrons. The van der Waals surface area contributed by atoms with E-state index in [0.29, 0.717) is 6.61 Å². The van der Waals surface area contributed by atoms with Crippen LogP contribution in [0.25, 0.3) is 0 Å². The number of unbranched alkanes of at least 4 members (excludes halogenated alkanes) is 1. The molecule has 0 unspecified atom stereocenters. The normalized spacial score (nSPS) is 30.7. The van der Waals surface area contributed by atoms with E-state index < -0.39 is 0 Å². The van der Waals surface area contributed by atoms with Crippen LogP contribution in [0.3, 0.4) is 0 Å². The lowest BCUT2D eigenvalue weighted by atomic mass is 10.1. The Kier molecular flexibility index (Phi) is 3.60. The molecular formula is C9H16O2. The highest BCUT2D eigenvalue weighted by molar-refractivity contribution is 4.98. The summed E-state index contributed by atoms with van der Waals surface area (Å²) < 4.78 is 5.36. The number of rotatable bonds is 3. The van der Waals surface area contributed by atoms with Crippen LogP contribution in [0.5, 0.6) is 0 Å². The molecule has 1 heterocycles. The fraction of sp³-hybridized carbons (Fsp3) is 0.778. The Hall–Kier alpha value is -0.340. The standard InChI is InChI=1S/C9H16O2/c1-2-3-4-9-6-5-8(10)7-11-9/h5-6,8-10H,2-4,7H2,1H3/t8-,9+/m0/s1. The van der Waals surface area contributed by atoms with Crippen molar-refractivity contribution in [1.82, 2.24) is 0 Å². The van der Waals surface area contributed by atoms with Crippen molar-refractivity contribution in [3.8, 4) is 0 Å². The topological polar surface area (TPSA) is 29.5 Å². The molecule has 1 N–H and O–H groups in total. The number of aliphatic hydroxyl groups excluding tert-OH is 1. The number of hydrogen-bond acceptors (Lipinski definition) is 2. The lowest BCUT2D eigenvalue weighted by Gasteiger charge is -2.20. The van der Waals surface area contributed by atoms with Crippen molar-refractivity contribution < 1.29 is 9.84 Å². The zero-order valence-corrected chi connectivity index (χ0v) is 6.99. The second-order valence-corrected chi connectivity index (χ2v) is 2.97. The largest absolute Gasteiger partial charge is 0.387 e. The van der Waals surface area contributed by atoms with Gasteiger partial charge in [-0.25, -0.2) is 0 Å². The Morgan fingerprint density at radius 3 is 2.91 bits per heavy atom. The third-order valence-electron chi connectivity index (χ3n) is 1.87. The summed E-state index contributed by atoms with van der Waals surface area (Å²) in [6.45, 7) is 2.63. The van der Waals surface area contributed by atoms with Gasteiger partial charge in [0.1, 0.15) is 0 Å². The van der Waals surface area contributed by atoms with E-state index in [1.807, 2.05) is 12.2 Å². The van der Waals surface area contributed by atoms with Gasteiger partial charge in [-0.05, 0) is 6.42 Å². The molecule has 2 nitrogen and oxygen atoms in total. The SMILES string of the molecule is CCCC[C@@H]1C=C[C@H](O)CO1. The molecule has 0 spiro atoms. The van der Waals surface area contributed by atoms with Crippen molar-refractivity contribution in [2.24, 2.45) is 0 Å². The van der Waals surface area contributed by atoms with Gasteiger partial charge >= 0.3 is 0 Å². The van der Waals surface area contributed by atoms with E-state index in [-0.39, 0.29) is 12.2 Å². The molecule has 11 heavy (non-hydrogen) atoms. The highest BCUT2D eigenvalue weighted by Gasteiger charge is 2.12. The van der Waals surface area contributed by atoms with Crippen molar-refractivity contribution >= 4 is 0 Å². The van der Waals surface area contributed by atoms with E-state index in [1.54, 1.807) is 0 Å². The van der Waals surface area contributed by atoms with Crippen molar-refractivity contribution in [2.45, 2.75) is 38.4 Å². The third-order valence-corrected chi connectivity index (χ3v) is 1.87. The van der Waals surface area contributed by atoms with Crippen LogP contribution in [0, 0.1) is 0 Å². The average molecular weight is 156 g/mol. The minimum atomic E-state index is -0.382. The van der Waals surface area contributed by atoms with E-state index in [0.717, 1.165) is 6.42 Å². The summed E-state index contributed by atoms with van der Waals surface area (Å²) in [5.74, 6) is 0. The second kappa shape index (κ2) is 4.52. The maximum Gasteiger partial charge on any atom is 0.0955 e. The number of ether oxygens (including phenoxy) is 1. The Bertz CT molecular complexity index is 132. The molecule has 2 heteroatoms. The quantitative estimate of drug-likeness (QED) is 0.627. The predicted molar refractivity (Wildman–Crippen MR) is 44.4 cm³/mol. The van der Waals surface area contributed by atoms with E-state index in [4.69, 9.17) is 9.84 Å². The van der Waals surface area contributed by atoms with Crippen molar-refractivity contribution in [3.05, 3.63) is 12.2 Å². The van der Waals surface area contributed by atoms with E-state index >= 15 is 0 Å². The summed E-state index contributed by atoms with van der Waals surface area (Å²) in [5, 5.41) is 9.04. The van der Waals surface area contributed by atoms with Gasteiger partial charge in [0.2, 0.25) is 0 Å². The molecule has 0 radical (unpaired) electrons. The van der Waals surface area contributed by atoms with Gasteiger partial charge in [-0.1, -0.05) is 31.9 Å². The van der Waals surface area contributed by atoms with Crippen LogP contribution in [0.1, 0.15) is 26.2 Å².